The second-order valence-electron chi connectivity index (χ2n) is 5.52. The summed E-state index contributed by atoms with van der Waals surface area (Å²) in [6, 6.07) is 4.75. The Morgan fingerprint density at radius 1 is 1.44 bits per heavy atom. The smallest absolute Gasteiger partial charge is 0.120 e. The monoisotopic (exact) mass is 245 g/mol. The van der Waals surface area contributed by atoms with Crippen molar-refractivity contribution < 1.29 is 0 Å². The van der Waals surface area contributed by atoms with Crippen molar-refractivity contribution in [1.29, 1.82) is 5.26 Å². The molecule has 0 aliphatic heterocycles. The molecule has 0 aromatic carbocycles. The zero-order chi connectivity index (χ0) is 13.0. The van der Waals surface area contributed by atoms with Crippen LogP contribution in [0, 0.1) is 17.2 Å². The van der Waals surface area contributed by atoms with Gasteiger partial charge in [-0.1, -0.05) is 19.3 Å². The van der Waals surface area contributed by atoms with Crippen molar-refractivity contribution in [2.24, 2.45) is 13.0 Å². The lowest BCUT2D eigenvalue weighted by molar-refractivity contribution is 0.280. The van der Waals surface area contributed by atoms with E-state index in [1.54, 1.807) is 0 Å². The first-order valence-electron chi connectivity index (χ1n) is 6.99. The molecule has 1 fully saturated rings. The first kappa shape index (κ1) is 13.2. The van der Waals surface area contributed by atoms with Crippen LogP contribution in [0.2, 0.25) is 0 Å². The predicted octanol–water partition coefficient (Wildman–Crippen LogP) is 2.96. The van der Waals surface area contributed by atoms with Gasteiger partial charge in [0.15, 0.2) is 0 Å². The molecule has 3 heteroatoms. The van der Waals surface area contributed by atoms with Crippen molar-refractivity contribution in [3.8, 4) is 6.07 Å². The third kappa shape index (κ3) is 3.14. The van der Waals surface area contributed by atoms with Crippen LogP contribution in [0.3, 0.4) is 0 Å². The molecule has 2 rings (SSSR count). The summed E-state index contributed by atoms with van der Waals surface area (Å²) in [5.74, 6) is 0.831. The van der Waals surface area contributed by atoms with Crippen LogP contribution >= 0.6 is 0 Å². The molecule has 1 heterocycles. The Morgan fingerprint density at radius 3 is 2.78 bits per heavy atom. The summed E-state index contributed by atoms with van der Waals surface area (Å²) in [5.41, 5.74) is 1.94. The van der Waals surface area contributed by atoms with Crippen molar-refractivity contribution in [2.45, 2.75) is 51.6 Å². The highest BCUT2D eigenvalue weighted by Crippen LogP contribution is 2.26. The molecule has 1 N–H and O–H groups in total. The van der Waals surface area contributed by atoms with Crippen LogP contribution < -0.4 is 5.32 Å². The van der Waals surface area contributed by atoms with E-state index in [0.717, 1.165) is 18.2 Å². The second-order valence-corrected chi connectivity index (χ2v) is 5.52. The molecular weight excluding hydrogens is 222 g/mol. The predicted molar refractivity (Wildman–Crippen MR) is 73.0 cm³/mol. The zero-order valence-electron chi connectivity index (χ0n) is 11.4. The molecule has 1 saturated carbocycles. The van der Waals surface area contributed by atoms with E-state index >= 15 is 0 Å². The number of aromatic nitrogens is 1. The van der Waals surface area contributed by atoms with Crippen molar-refractivity contribution in [2.75, 3.05) is 0 Å². The van der Waals surface area contributed by atoms with E-state index in [-0.39, 0.29) is 0 Å². The first-order valence-corrected chi connectivity index (χ1v) is 6.99. The average molecular weight is 245 g/mol. The fourth-order valence-electron chi connectivity index (χ4n) is 2.92. The van der Waals surface area contributed by atoms with Gasteiger partial charge in [0.2, 0.25) is 0 Å². The number of nitrogens with zero attached hydrogens (tertiary/aromatic N) is 2. The Bertz CT molecular complexity index is 421. The summed E-state index contributed by atoms with van der Waals surface area (Å²) in [7, 11) is 1.92. The minimum absolute atomic E-state index is 0.580. The van der Waals surface area contributed by atoms with Gasteiger partial charge in [0.05, 0.1) is 0 Å². The molecule has 1 atom stereocenters. The Morgan fingerprint density at radius 2 is 2.17 bits per heavy atom. The summed E-state index contributed by atoms with van der Waals surface area (Å²) in [6.07, 6.45) is 8.96. The minimum atomic E-state index is 0.580. The number of hydrogen-bond acceptors (Lipinski definition) is 2. The maximum Gasteiger partial charge on any atom is 0.120 e. The highest BCUT2D eigenvalue weighted by molar-refractivity contribution is 5.28. The summed E-state index contributed by atoms with van der Waals surface area (Å²) in [4.78, 5) is 0. The molecule has 0 amide bonds. The van der Waals surface area contributed by atoms with Gasteiger partial charge in [-0.3, -0.25) is 0 Å². The molecule has 3 nitrogen and oxygen atoms in total. The van der Waals surface area contributed by atoms with Gasteiger partial charge in [0.1, 0.15) is 11.8 Å². The van der Waals surface area contributed by atoms with Gasteiger partial charge in [-0.05, 0) is 37.3 Å². The van der Waals surface area contributed by atoms with Crippen LogP contribution in [0.4, 0.5) is 0 Å². The lowest BCUT2D eigenvalue weighted by Gasteiger charge is -2.28. The van der Waals surface area contributed by atoms with E-state index in [0.29, 0.717) is 6.04 Å². The molecule has 1 aromatic rings. The third-order valence-corrected chi connectivity index (χ3v) is 4.16. The van der Waals surface area contributed by atoms with Gasteiger partial charge in [-0.25, -0.2) is 0 Å². The van der Waals surface area contributed by atoms with Crippen LogP contribution in [0.15, 0.2) is 12.3 Å². The Kier molecular flexibility index (Phi) is 4.43. The fraction of sp³-hybridized carbons (Fsp3) is 0.667. The van der Waals surface area contributed by atoms with Crippen LogP contribution in [-0.2, 0) is 13.6 Å². The second kappa shape index (κ2) is 6.06. The van der Waals surface area contributed by atoms with Gasteiger partial charge < -0.3 is 9.88 Å². The first-order chi connectivity index (χ1) is 8.70. The topological polar surface area (TPSA) is 40.8 Å². The van der Waals surface area contributed by atoms with Gasteiger partial charge in [-0.15, -0.1) is 0 Å². The molecule has 1 aliphatic rings. The standard InChI is InChI=1S/C15H23N3/c1-12(14-6-4-3-5-7-14)17-10-13-8-15(9-16)18(2)11-13/h8,11-12,14,17H,3-7,10H2,1-2H3. The maximum atomic E-state index is 8.92. The lowest BCUT2D eigenvalue weighted by Crippen LogP contribution is -2.34. The fourth-order valence-corrected chi connectivity index (χ4v) is 2.92. The van der Waals surface area contributed by atoms with Gasteiger partial charge in [0, 0.05) is 25.8 Å². The van der Waals surface area contributed by atoms with Crippen molar-refractivity contribution in [1.82, 2.24) is 9.88 Å². The highest BCUT2D eigenvalue weighted by Gasteiger charge is 2.19. The van der Waals surface area contributed by atoms with Crippen molar-refractivity contribution >= 4 is 0 Å². The molecule has 1 unspecified atom stereocenters. The Labute approximate surface area is 110 Å². The molecule has 1 aromatic heterocycles. The highest BCUT2D eigenvalue weighted by atomic mass is 15.0. The largest absolute Gasteiger partial charge is 0.342 e. The molecule has 1 aliphatic carbocycles. The van der Waals surface area contributed by atoms with Gasteiger partial charge >= 0.3 is 0 Å². The van der Waals surface area contributed by atoms with Gasteiger partial charge in [-0.2, -0.15) is 5.26 Å². The van der Waals surface area contributed by atoms with E-state index in [1.165, 1.54) is 37.7 Å². The van der Waals surface area contributed by atoms with Gasteiger partial charge in [0.25, 0.3) is 0 Å². The molecule has 18 heavy (non-hydrogen) atoms. The van der Waals surface area contributed by atoms with Crippen molar-refractivity contribution in [3.63, 3.8) is 0 Å². The van der Waals surface area contributed by atoms with Crippen LogP contribution in [0.25, 0.3) is 0 Å². The lowest BCUT2D eigenvalue weighted by atomic mass is 9.84. The van der Waals surface area contributed by atoms with E-state index in [1.807, 2.05) is 23.9 Å². The zero-order valence-corrected chi connectivity index (χ0v) is 11.4. The van der Waals surface area contributed by atoms with Crippen molar-refractivity contribution in [3.05, 3.63) is 23.5 Å². The van der Waals surface area contributed by atoms with Crippen LogP contribution in [-0.4, -0.2) is 10.6 Å². The average Bonchev–Trinajstić information content (AvgIpc) is 2.77. The summed E-state index contributed by atoms with van der Waals surface area (Å²) in [5, 5.41) is 12.5. The normalized spacial score (nSPS) is 18.5. The van der Waals surface area contributed by atoms with Crippen LogP contribution in [0.5, 0.6) is 0 Å². The van der Waals surface area contributed by atoms with E-state index in [2.05, 4.69) is 18.3 Å². The number of hydrogen-bond donors (Lipinski definition) is 1. The van der Waals surface area contributed by atoms with Crippen LogP contribution in [0.1, 0.15) is 50.3 Å². The van der Waals surface area contributed by atoms with E-state index < -0.39 is 0 Å². The Hall–Kier alpha value is -1.27. The number of rotatable bonds is 4. The number of nitrogens with one attached hydrogen (secondary N) is 1. The molecular formula is C15H23N3. The maximum absolute atomic E-state index is 8.92. The third-order valence-electron chi connectivity index (χ3n) is 4.16. The molecule has 0 bridgehead atoms. The van der Waals surface area contributed by atoms with E-state index in [9.17, 15) is 0 Å². The number of aryl methyl sites for hydroxylation is 1. The molecule has 98 valence electrons. The summed E-state index contributed by atoms with van der Waals surface area (Å²) < 4.78 is 1.89. The molecule has 0 saturated heterocycles. The molecule has 0 radical (unpaired) electrons. The minimum Gasteiger partial charge on any atom is -0.342 e. The summed E-state index contributed by atoms with van der Waals surface area (Å²) >= 11 is 0. The molecule has 0 spiro atoms. The SMILES string of the molecule is CC(NCc1cc(C#N)n(C)c1)C1CCCCC1. The summed E-state index contributed by atoms with van der Waals surface area (Å²) in [6.45, 7) is 3.16. The number of nitriles is 1. The van der Waals surface area contributed by atoms with E-state index in [4.69, 9.17) is 5.26 Å². The quantitative estimate of drug-likeness (QED) is 0.886. The Balaban J connectivity index is 1.84.